The van der Waals surface area contributed by atoms with Crippen molar-refractivity contribution in [1.29, 1.82) is 0 Å². The predicted molar refractivity (Wildman–Crippen MR) is 73.1 cm³/mol. The molecule has 0 unspecified atom stereocenters. The molecule has 1 rings (SSSR count). The molecule has 0 fully saturated rings. The largest absolute Gasteiger partial charge is 0.398 e. The maximum absolute atomic E-state index is 11.5. The van der Waals surface area contributed by atoms with Crippen LogP contribution in [0, 0.1) is 0 Å². The molecule has 0 aliphatic rings. The van der Waals surface area contributed by atoms with Crippen molar-refractivity contribution in [2.75, 3.05) is 5.73 Å². The highest BCUT2D eigenvalue weighted by Gasteiger charge is 1.96. The van der Waals surface area contributed by atoms with Crippen LogP contribution < -0.4 is 11.3 Å². The summed E-state index contributed by atoms with van der Waals surface area (Å²) >= 11 is 0. The highest BCUT2D eigenvalue weighted by Crippen LogP contribution is 2.07. The van der Waals surface area contributed by atoms with Gasteiger partial charge in [0, 0.05) is 24.5 Å². The van der Waals surface area contributed by atoms with Gasteiger partial charge < -0.3 is 10.3 Å². The van der Waals surface area contributed by atoms with Gasteiger partial charge in [0.2, 0.25) is 0 Å². The number of nitrogens with two attached hydrogens (primary N) is 1. The average molecular weight is 236 g/mol. The van der Waals surface area contributed by atoms with Gasteiger partial charge in [-0.1, -0.05) is 45.4 Å². The topological polar surface area (TPSA) is 48.0 Å². The molecule has 3 nitrogen and oxygen atoms in total. The van der Waals surface area contributed by atoms with Crippen LogP contribution in [0.15, 0.2) is 23.1 Å². The van der Waals surface area contributed by atoms with Crippen LogP contribution in [0.2, 0.25) is 0 Å². The molecule has 0 radical (unpaired) electrons. The van der Waals surface area contributed by atoms with Crippen molar-refractivity contribution in [3.8, 4) is 0 Å². The van der Waals surface area contributed by atoms with E-state index in [-0.39, 0.29) is 5.56 Å². The molecule has 1 aromatic rings. The Bertz CT molecular complexity index is 371. The van der Waals surface area contributed by atoms with Crippen LogP contribution in [0.1, 0.15) is 51.9 Å². The second-order valence-corrected chi connectivity index (χ2v) is 4.62. The quantitative estimate of drug-likeness (QED) is 0.705. The third-order valence-electron chi connectivity index (χ3n) is 3.01. The summed E-state index contributed by atoms with van der Waals surface area (Å²) in [6, 6.07) is 3.19. The summed E-state index contributed by atoms with van der Waals surface area (Å²) in [7, 11) is 0. The Balaban J connectivity index is 2.18. The van der Waals surface area contributed by atoms with Crippen LogP contribution in [0.25, 0.3) is 0 Å². The smallest absolute Gasteiger partial charge is 0.250 e. The number of rotatable bonds is 8. The molecule has 0 saturated carbocycles. The van der Waals surface area contributed by atoms with Gasteiger partial charge in [-0.15, -0.1) is 0 Å². The van der Waals surface area contributed by atoms with Gasteiger partial charge in [0.25, 0.3) is 5.56 Å². The summed E-state index contributed by atoms with van der Waals surface area (Å²) in [5.74, 6) is 0. The van der Waals surface area contributed by atoms with Crippen LogP contribution in [-0.4, -0.2) is 4.57 Å². The molecule has 0 atom stereocenters. The second-order valence-electron chi connectivity index (χ2n) is 4.62. The van der Waals surface area contributed by atoms with Crippen molar-refractivity contribution in [2.45, 2.75) is 58.4 Å². The molecule has 0 aliphatic heterocycles. The van der Waals surface area contributed by atoms with Crippen LogP contribution in [0.4, 0.5) is 5.69 Å². The molecule has 0 aromatic carbocycles. The van der Waals surface area contributed by atoms with Gasteiger partial charge in [0.05, 0.1) is 0 Å². The number of hydrogen-bond donors (Lipinski definition) is 1. The number of nitrogens with zero attached hydrogens (tertiary/aromatic N) is 1. The zero-order valence-electron chi connectivity index (χ0n) is 10.8. The summed E-state index contributed by atoms with van der Waals surface area (Å²) in [6.07, 6.45) is 10.6. The third-order valence-corrected chi connectivity index (χ3v) is 3.01. The first kappa shape index (κ1) is 13.8. The molecule has 0 aliphatic carbocycles. The van der Waals surface area contributed by atoms with Crippen LogP contribution in [0.5, 0.6) is 0 Å². The van der Waals surface area contributed by atoms with Crippen molar-refractivity contribution in [3.63, 3.8) is 0 Å². The summed E-state index contributed by atoms with van der Waals surface area (Å²) in [6.45, 7) is 3.02. The van der Waals surface area contributed by atoms with Gasteiger partial charge in [0.1, 0.15) is 0 Å². The molecular weight excluding hydrogens is 212 g/mol. The average Bonchev–Trinajstić information content (AvgIpc) is 2.32. The Morgan fingerprint density at radius 3 is 2.41 bits per heavy atom. The number of hydrogen-bond acceptors (Lipinski definition) is 2. The Labute approximate surface area is 104 Å². The van der Waals surface area contributed by atoms with Crippen LogP contribution >= 0.6 is 0 Å². The van der Waals surface area contributed by atoms with Crippen molar-refractivity contribution in [2.24, 2.45) is 0 Å². The number of anilines is 1. The first-order valence-corrected chi connectivity index (χ1v) is 6.70. The molecule has 2 N–H and O–H groups in total. The minimum atomic E-state index is 0.0465. The number of unbranched alkanes of at least 4 members (excludes halogenated alkanes) is 6. The van der Waals surface area contributed by atoms with Crippen molar-refractivity contribution in [3.05, 3.63) is 28.7 Å². The van der Waals surface area contributed by atoms with E-state index < -0.39 is 0 Å². The summed E-state index contributed by atoms with van der Waals surface area (Å²) in [4.78, 5) is 11.5. The lowest BCUT2D eigenvalue weighted by Gasteiger charge is -2.06. The lowest BCUT2D eigenvalue weighted by Crippen LogP contribution is -2.18. The van der Waals surface area contributed by atoms with E-state index in [2.05, 4.69) is 6.92 Å². The minimum Gasteiger partial charge on any atom is -0.398 e. The Hall–Kier alpha value is -1.25. The van der Waals surface area contributed by atoms with Crippen LogP contribution in [-0.2, 0) is 6.54 Å². The van der Waals surface area contributed by atoms with Gasteiger partial charge >= 0.3 is 0 Å². The van der Waals surface area contributed by atoms with Crippen LogP contribution in [0.3, 0.4) is 0 Å². The monoisotopic (exact) mass is 236 g/mol. The maximum atomic E-state index is 11.5. The molecule has 1 aromatic heterocycles. The number of aryl methyl sites for hydroxylation is 1. The normalized spacial score (nSPS) is 10.6. The fourth-order valence-corrected chi connectivity index (χ4v) is 1.96. The van der Waals surface area contributed by atoms with E-state index in [9.17, 15) is 4.79 Å². The Morgan fingerprint density at radius 1 is 1.06 bits per heavy atom. The van der Waals surface area contributed by atoms with E-state index in [0.29, 0.717) is 5.69 Å². The van der Waals surface area contributed by atoms with E-state index in [1.54, 1.807) is 16.8 Å². The summed E-state index contributed by atoms with van der Waals surface area (Å²) in [5, 5.41) is 0. The van der Waals surface area contributed by atoms with E-state index in [4.69, 9.17) is 5.73 Å². The summed E-state index contributed by atoms with van der Waals surface area (Å²) < 4.78 is 1.71. The van der Waals surface area contributed by atoms with Crippen molar-refractivity contribution < 1.29 is 0 Å². The number of nitrogen functional groups attached to an aromatic ring is 1. The molecule has 17 heavy (non-hydrogen) atoms. The van der Waals surface area contributed by atoms with Gasteiger partial charge in [-0.05, 0) is 12.5 Å². The standard InChI is InChI=1S/C14H24N2O/c1-2-3-4-5-6-7-8-11-16-12-13(15)9-10-14(16)17/h9-10,12H,2-8,11,15H2,1H3. The first-order valence-electron chi connectivity index (χ1n) is 6.70. The van der Waals surface area contributed by atoms with Gasteiger partial charge in [-0.2, -0.15) is 0 Å². The highest BCUT2D eigenvalue weighted by molar-refractivity contribution is 5.33. The lowest BCUT2D eigenvalue weighted by molar-refractivity contribution is 0.543. The molecule has 96 valence electrons. The highest BCUT2D eigenvalue weighted by atomic mass is 16.1. The molecule has 3 heteroatoms. The van der Waals surface area contributed by atoms with Gasteiger partial charge in [-0.25, -0.2) is 0 Å². The SMILES string of the molecule is CCCCCCCCCn1cc(N)ccc1=O. The fraction of sp³-hybridized carbons (Fsp3) is 0.643. The molecule has 0 amide bonds. The van der Waals surface area contributed by atoms with E-state index in [1.807, 2.05) is 0 Å². The van der Waals surface area contributed by atoms with E-state index >= 15 is 0 Å². The van der Waals surface area contributed by atoms with Crippen molar-refractivity contribution >= 4 is 5.69 Å². The Kier molecular flexibility index (Phi) is 6.45. The van der Waals surface area contributed by atoms with Gasteiger partial charge in [-0.3, -0.25) is 4.79 Å². The second kappa shape index (κ2) is 7.93. The zero-order valence-corrected chi connectivity index (χ0v) is 10.8. The maximum Gasteiger partial charge on any atom is 0.250 e. The van der Waals surface area contributed by atoms with Crippen molar-refractivity contribution in [1.82, 2.24) is 4.57 Å². The first-order chi connectivity index (χ1) is 8.24. The number of pyridine rings is 1. The lowest BCUT2D eigenvalue weighted by atomic mass is 10.1. The molecule has 0 spiro atoms. The third kappa shape index (κ3) is 5.57. The Morgan fingerprint density at radius 2 is 1.71 bits per heavy atom. The molecule has 0 bridgehead atoms. The number of aromatic nitrogens is 1. The summed E-state index contributed by atoms with van der Waals surface area (Å²) in [5.41, 5.74) is 6.36. The molecule has 1 heterocycles. The van der Waals surface area contributed by atoms with Gasteiger partial charge in [0.15, 0.2) is 0 Å². The predicted octanol–water partition coefficient (Wildman–Crippen LogP) is 3.18. The van der Waals surface area contributed by atoms with E-state index in [1.165, 1.54) is 44.6 Å². The minimum absolute atomic E-state index is 0.0465. The fourth-order valence-electron chi connectivity index (χ4n) is 1.96. The zero-order chi connectivity index (χ0) is 12.5. The molecular formula is C14H24N2O. The molecule has 0 saturated heterocycles. The van der Waals surface area contributed by atoms with E-state index in [0.717, 1.165) is 13.0 Å².